The number of hydrogen-bond donors (Lipinski definition) is 1. The maximum Gasteiger partial charge on any atom is 0.0641 e. The fraction of sp³-hybridized carbons (Fsp3) is 0.571. The lowest BCUT2D eigenvalue weighted by molar-refractivity contribution is 0.942. The van der Waals surface area contributed by atoms with Gasteiger partial charge in [-0.25, -0.2) is 0 Å². The number of hydrogen-bond acceptors (Lipinski definition) is 4. The van der Waals surface area contributed by atoms with E-state index in [0.29, 0.717) is 0 Å². The normalized spacial score (nSPS) is 10.3. The van der Waals surface area contributed by atoms with Gasteiger partial charge in [0.05, 0.1) is 5.69 Å². The summed E-state index contributed by atoms with van der Waals surface area (Å²) < 4.78 is 4.20. The van der Waals surface area contributed by atoms with Crippen LogP contribution in [0.2, 0.25) is 0 Å². The summed E-state index contributed by atoms with van der Waals surface area (Å²) in [4.78, 5) is 0. The van der Waals surface area contributed by atoms with E-state index in [1.54, 1.807) is 0 Å². The average molecular weight is 188 g/mol. The summed E-state index contributed by atoms with van der Waals surface area (Å²) in [5.74, 6) is 2.18. The van der Waals surface area contributed by atoms with Gasteiger partial charge >= 0.3 is 0 Å². The molecule has 1 aromatic heterocycles. The number of nitrogens with zero attached hydrogens (tertiary/aromatic N) is 1. The number of aromatic nitrogens is 1. The molecule has 0 aromatic carbocycles. The van der Waals surface area contributed by atoms with Crippen molar-refractivity contribution in [3.8, 4) is 0 Å². The van der Waals surface area contributed by atoms with Gasteiger partial charge in [-0.2, -0.15) is 16.1 Å². The Balaban J connectivity index is 2.04. The van der Waals surface area contributed by atoms with Crippen LogP contribution in [0.15, 0.2) is 11.4 Å². The van der Waals surface area contributed by atoms with Crippen LogP contribution in [0.4, 0.5) is 0 Å². The van der Waals surface area contributed by atoms with Gasteiger partial charge in [0, 0.05) is 11.1 Å². The molecule has 62 valence electrons. The van der Waals surface area contributed by atoms with Gasteiger partial charge < -0.3 is 5.73 Å². The van der Waals surface area contributed by atoms with Gasteiger partial charge in [0.15, 0.2) is 0 Å². The topological polar surface area (TPSA) is 38.9 Å². The van der Waals surface area contributed by atoms with Crippen LogP contribution in [-0.4, -0.2) is 16.7 Å². The molecule has 4 heteroatoms. The molecule has 0 spiro atoms. The van der Waals surface area contributed by atoms with E-state index in [1.807, 2.05) is 17.1 Å². The molecular formula is C7H12N2S2. The summed E-state index contributed by atoms with van der Waals surface area (Å²) in [6, 6.07) is 2.07. The van der Waals surface area contributed by atoms with Crippen molar-refractivity contribution in [1.82, 2.24) is 4.37 Å². The first-order chi connectivity index (χ1) is 5.43. The SMILES string of the molecule is NCCCSCc1ccsn1. The zero-order valence-electron chi connectivity index (χ0n) is 6.32. The Bertz CT molecular complexity index is 175. The van der Waals surface area contributed by atoms with E-state index in [1.165, 1.54) is 17.2 Å². The van der Waals surface area contributed by atoms with Crippen molar-refractivity contribution < 1.29 is 0 Å². The fourth-order valence-corrected chi connectivity index (χ4v) is 2.18. The van der Waals surface area contributed by atoms with Crippen molar-refractivity contribution in [3.63, 3.8) is 0 Å². The smallest absolute Gasteiger partial charge is 0.0641 e. The van der Waals surface area contributed by atoms with Gasteiger partial charge in [0.2, 0.25) is 0 Å². The van der Waals surface area contributed by atoms with Crippen molar-refractivity contribution in [2.75, 3.05) is 12.3 Å². The quantitative estimate of drug-likeness (QED) is 0.715. The molecular weight excluding hydrogens is 176 g/mol. The molecule has 0 atom stereocenters. The summed E-state index contributed by atoms with van der Waals surface area (Å²) >= 11 is 3.42. The average Bonchev–Trinajstić information content (AvgIpc) is 2.50. The molecule has 0 fully saturated rings. The van der Waals surface area contributed by atoms with E-state index in [4.69, 9.17) is 5.73 Å². The molecule has 0 aliphatic carbocycles. The van der Waals surface area contributed by atoms with E-state index >= 15 is 0 Å². The Morgan fingerprint density at radius 1 is 1.64 bits per heavy atom. The molecule has 1 rings (SSSR count). The first kappa shape index (κ1) is 9.03. The lowest BCUT2D eigenvalue weighted by Gasteiger charge is -1.95. The van der Waals surface area contributed by atoms with Gasteiger partial charge in [-0.1, -0.05) is 0 Å². The molecule has 0 bridgehead atoms. The fourth-order valence-electron chi connectivity index (χ4n) is 0.674. The summed E-state index contributed by atoms with van der Waals surface area (Å²) in [7, 11) is 0. The molecule has 0 radical (unpaired) electrons. The predicted octanol–water partition coefficient (Wildman–Crippen LogP) is 1.73. The van der Waals surface area contributed by atoms with Crippen molar-refractivity contribution >= 4 is 23.3 Å². The summed E-state index contributed by atoms with van der Waals surface area (Å²) in [5.41, 5.74) is 6.55. The Labute approximate surface area is 75.4 Å². The van der Waals surface area contributed by atoms with Gasteiger partial charge in [-0.15, -0.1) is 0 Å². The zero-order valence-corrected chi connectivity index (χ0v) is 7.96. The van der Waals surface area contributed by atoms with Crippen LogP contribution in [0.5, 0.6) is 0 Å². The van der Waals surface area contributed by atoms with Crippen LogP contribution in [0.3, 0.4) is 0 Å². The van der Waals surface area contributed by atoms with E-state index in [0.717, 1.165) is 24.5 Å². The second kappa shape index (κ2) is 5.57. The zero-order chi connectivity index (χ0) is 7.94. The molecule has 2 nitrogen and oxygen atoms in total. The van der Waals surface area contributed by atoms with Crippen molar-refractivity contribution in [2.24, 2.45) is 5.73 Å². The molecule has 11 heavy (non-hydrogen) atoms. The van der Waals surface area contributed by atoms with Gasteiger partial charge in [-0.3, -0.25) is 0 Å². The van der Waals surface area contributed by atoms with Crippen LogP contribution >= 0.6 is 23.3 Å². The molecule has 1 heterocycles. The highest BCUT2D eigenvalue weighted by molar-refractivity contribution is 7.98. The molecule has 2 N–H and O–H groups in total. The molecule has 1 aromatic rings. The first-order valence-corrected chi connectivity index (χ1v) is 5.59. The van der Waals surface area contributed by atoms with Gasteiger partial charge in [-0.05, 0) is 36.3 Å². The minimum atomic E-state index is 0.796. The first-order valence-electron chi connectivity index (χ1n) is 3.60. The Kier molecular flexibility index (Phi) is 4.58. The Morgan fingerprint density at radius 2 is 2.55 bits per heavy atom. The lowest BCUT2D eigenvalue weighted by Crippen LogP contribution is -1.99. The van der Waals surface area contributed by atoms with Crippen molar-refractivity contribution in [1.29, 1.82) is 0 Å². The molecule has 0 amide bonds. The van der Waals surface area contributed by atoms with Crippen molar-refractivity contribution in [3.05, 3.63) is 17.1 Å². The molecule has 0 unspecified atom stereocenters. The highest BCUT2D eigenvalue weighted by Gasteiger charge is 1.93. The summed E-state index contributed by atoms with van der Waals surface area (Å²) in [6.45, 7) is 0.796. The standard InChI is InChI=1S/C7H12N2S2/c8-3-1-4-10-6-7-2-5-11-9-7/h2,5H,1,3-4,6,8H2. The Hall–Kier alpha value is -0.0600. The van der Waals surface area contributed by atoms with Crippen LogP contribution in [0.25, 0.3) is 0 Å². The molecule has 0 aliphatic heterocycles. The maximum absolute atomic E-state index is 5.36. The Morgan fingerprint density at radius 3 is 3.18 bits per heavy atom. The third-order valence-corrected chi connectivity index (χ3v) is 2.91. The number of rotatable bonds is 5. The third-order valence-electron chi connectivity index (χ3n) is 1.23. The van der Waals surface area contributed by atoms with Crippen LogP contribution in [0, 0.1) is 0 Å². The van der Waals surface area contributed by atoms with Gasteiger partial charge in [0.1, 0.15) is 0 Å². The maximum atomic E-state index is 5.36. The summed E-state index contributed by atoms with van der Waals surface area (Å²) in [5, 5.41) is 2.01. The highest BCUT2D eigenvalue weighted by Crippen LogP contribution is 2.11. The van der Waals surface area contributed by atoms with E-state index in [9.17, 15) is 0 Å². The number of nitrogens with two attached hydrogens (primary N) is 1. The lowest BCUT2D eigenvalue weighted by atomic mass is 10.5. The summed E-state index contributed by atoms with van der Waals surface area (Å²) in [6.07, 6.45) is 1.11. The largest absolute Gasteiger partial charge is 0.330 e. The van der Waals surface area contributed by atoms with E-state index in [-0.39, 0.29) is 0 Å². The molecule has 0 saturated carbocycles. The second-order valence-corrected chi connectivity index (χ2v) is 3.96. The van der Waals surface area contributed by atoms with E-state index < -0.39 is 0 Å². The van der Waals surface area contributed by atoms with Crippen LogP contribution in [-0.2, 0) is 5.75 Å². The minimum absolute atomic E-state index is 0.796. The second-order valence-electron chi connectivity index (χ2n) is 2.19. The molecule has 0 saturated heterocycles. The molecule has 0 aliphatic rings. The number of thioether (sulfide) groups is 1. The van der Waals surface area contributed by atoms with Crippen molar-refractivity contribution in [2.45, 2.75) is 12.2 Å². The highest BCUT2D eigenvalue weighted by atomic mass is 32.2. The monoisotopic (exact) mass is 188 g/mol. The van der Waals surface area contributed by atoms with Crippen LogP contribution < -0.4 is 5.73 Å². The minimum Gasteiger partial charge on any atom is -0.330 e. The predicted molar refractivity (Wildman–Crippen MR) is 51.9 cm³/mol. The third kappa shape index (κ3) is 3.74. The van der Waals surface area contributed by atoms with Gasteiger partial charge in [0.25, 0.3) is 0 Å². The van der Waals surface area contributed by atoms with Crippen LogP contribution in [0.1, 0.15) is 12.1 Å². The van der Waals surface area contributed by atoms with E-state index in [2.05, 4.69) is 10.4 Å².